The molecule has 2 heterocycles. The zero-order valence-corrected chi connectivity index (χ0v) is 19.7. The third-order valence-corrected chi connectivity index (χ3v) is 6.21. The number of thiophene rings is 1. The first-order valence-electron chi connectivity index (χ1n) is 10.1. The molecule has 0 saturated heterocycles. The topological polar surface area (TPSA) is 107 Å². The van der Waals surface area contributed by atoms with Crippen molar-refractivity contribution in [1.29, 1.82) is 0 Å². The highest BCUT2D eigenvalue weighted by molar-refractivity contribution is 7.99. The second-order valence-corrected chi connectivity index (χ2v) is 9.01. The molecule has 2 aromatic carbocycles. The van der Waals surface area contributed by atoms with E-state index in [9.17, 15) is 28.1 Å². The summed E-state index contributed by atoms with van der Waals surface area (Å²) in [6, 6.07) is 16.5. The van der Waals surface area contributed by atoms with E-state index in [-0.39, 0.29) is 33.7 Å². The second-order valence-electron chi connectivity index (χ2n) is 7.12. The largest absolute Gasteiger partial charge is 0.457 e. The van der Waals surface area contributed by atoms with Crippen LogP contribution in [0.3, 0.4) is 0 Å². The van der Waals surface area contributed by atoms with E-state index in [1.165, 1.54) is 23.5 Å². The molecule has 0 spiro atoms. The molecule has 1 amide bonds. The Balaban J connectivity index is 1.50. The van der Waals surface area contributed by atoms with E-state index in [2.05, 4.69) is 15.3 Å². The Kier molecular flexibility index (Phi) is 7.50. The summed E-state index contributed by atoms with van der Waals surface area (Å²) in [5, 5.41) is 15.3. The van der Waals surface area contributed by atoms with Crippen LogP contribution in [0.1, 0.15) is 5.69 Å². The summed E-state index contributed by atoms with van der Waals surface area (Å²) >= 11 is 1.93. The van der Waals surface area contributed by atoms with Crippen LogP contribution in [-0.4, -0.2) is 26.6 Å². The number of anilines is 1. The summed E-state index contributed by atoms with van der Waals surface area (Å²) in [6.07, 6.45) is -4.69. The maximum atomic E-state index is 13.3. The molecule has 2 aromatic heterocycles. The molecule has 0 bridgehead atoms. The standard InChI is InChI=1S/C23H15F3N4O4S2/c24-23(25,26)20-12-18(19-7-4-8-35-19)28-22(29-20)36-13-21(31)27-14-9-15(30(32)33)11-17(10-14)34-16-5-2-1-3-6-16/h1-12H,13H2,(H,27,31). The number of carbonyl (C=O) groups excluding carboxylic acids is 1. The minimum absolute atomic E-state index is 0.0879. The molecule has 184 valence electrons. The molecular weight excluding hydrogens is 517 g/mol. The molecule has 8 nitrogen and oxygen atoms in total. The number of para-hydroxylation sites is 1. The van der Waals surface area contributed by atoms with Crippen LogP contribution in [0.4, 0.5) is 24.5 Å². The van der Waals surface area contributed by atoms with Crippen molar-refractivity contribution in [2.24, 2.45) is 0 Å². The number of aromatic nitrogens is 2. The molecular formula is C23H15F3N4O4S2. The molecule has 13 heteroatoms. The minimum Gasteiger partial charge on any atom is -0.457 e. The summed E-state index contributed by atoms with van der Waals surface area (Å²) in [5.74, 6) is -0.387. The van der Waals surface area contributed by atoms with E-state index >= 15 is 0 Å². The number of hydrogen-bond acceptors (Lipinski definition) is 8. The third-order valence-electron chi connectivity index (χ3n) is 4.47. The van der Waals surface area contributed by atoms with Crippen molar-refractivity contribution in [3.8, 4) is 22.1 Å². The number of carbonyl (C=O) groups is 1. The second kappa shape index (κ2) is 10.7. The average Bonchev–Trinajstić information content (AvgIpc) is 3.38. The quantitative estimate of drug-likeness (QED) is 0.117. The number of thioether (sulfide) groups is 1. The molecule has 0 unspecified atom stereocenters. The highest BCUT2D eigenvalue weighted by Gasteiger charge is 2.34. The average molecular weight is 533 g/mol. The number of benzene rings is 2. The molecule has 4 aromatic rings. The Morgan fingerprint density at radius 1 is 1.06 bits per heavy atom. The van der Waals surface area contributed by atoms with Crippen molar-refractivity contribution in [3.63, 3.8) is 0 Å². The van der Waals surface area contributed by atoms with Gasteiger partial charge in [0.15, 0.2) is 5.16 Å². The smallest absolute Gasteiger partial charge is 0.433 e. The van der Waals surface area contributed by atoms with E-state index < -0.39 is 22.7 Å². The number of nitrogens with zero attached hydrogens (tertiary/aromatic N) is 3. The fourth-order valence-electron chi connectivity index (χ4n) is 2.96. The Bertz CT molecular complexity index is 1380. The predicted molar refractivity (Wildman–Crippen MR) is 129 cm³/mol. The highest BCUT2D eigenvalue weighted by atomic mass is 32.2. The van der Waals surface area contributed by atoms with Crippen LogP contribution < -0.4 is 10.1 Å². The van der Waals surface area contributed by atoms with E-state index in [4.69, 9.17) is 4.74 Å². The first-order chi connectivity index (χ1) is 17.2. The fraction of sp³-hybridized carbons (Fsp3) is 0.0870. The minimum atomic E-state index is -4.69. The molecule has 36 heavy (non-hydrogen) atoms. The number of ether oxygens (including phenoxy) is 1. The molecule has 0 atom stereocenters. The molecule has 0 radical (unpaired) electrons. The van der Waals surface area contributed by atoms with Crippen LogP contribution >= 0.6 is 23.1 Å². The Morgan fingerprint density at radius 3 is 2.50 bits per heavy atom. The third kappa shape index (κ3) is 6.58. The number of nitrogens with one attached hydrogen (secondary N) is 1. The van der Waals surface area contributed by atoms with Gasteiger partial charge in [-0.1, -0.05) is 36.0 Å². The summed E-state index contributed by atoms with van der Waals surface area (Å²) in [4.78, 5) is 31.4. The lowest BCUT2D eigenvalue weighted by Crippen LogP contribution is -2.15. The number of non-ortho nitro benzene ring substituents is 1. The number of amides is 1. The van der Waals surface area contributed by atoms with Gasteiger partial charge in [0.25, 0.3) is 5.69 Å². The SMILES string of the molecule is O=C(CSc1nc(-c2cccs2)cc(C(F)(F)F)n1)Nc1cc(Oc2ccccc2)cc([N+](=O)[O-])c1. The van der Waals surface area contributed by atoms with Gasteiger partial charge in [0.2, 0.25) is 5.91 Å². The molecule has 0 saturated carbocycles. The van der Waals surface area contributed by atoms with E-state index in [1.54, 1.807) is 47.8 Å². The maximum Gasteiger partial charge on any atom is 0.433 e. The van der Waals surface area contributed by atoms with Gasteiger partial charge in [0, 0.05) is 12.1 Å². The summed E-state index contributed by atoms with van der Waals surface area (Å²) in [7, 11) is 0. The van der Waals surface area contributed by atoms with Crippen LogP contribution in [-0.2, 0) is 11.0 Å². The molecule has 0 aliphatic carbocycles. The van der Waals surface area contributed by atoms with Crippen molar-refractivity contribution in [2.45, 2.75) is 11.3 Å². The number of rotatable bonds is 8. The monoisotopic (exact) mass is 532 g/mol. The fourth-order valence-corrected chi connectivity index (χ4v) is 4.30. The number of alkyl halides is 3. The van der Waals surface area contributed by atoms with E-state index in [1.807, 2.05) is 0 Å². The molecule has 4 rings (SSSR count). The van der Waals surface area contributed by atoms with Crippen LogP contribution in [0.2, 0.25) is 0 Å². The Labute approximate surface area is 210 Å². The number of hydrogen-bond donors (Lipinski definition) is 1. The summed E-state index contributed by atoms with van der Waals surface area (Å²) in [5.41, 5.74) is -1.25. The summed E-state index contributed by atoms with van der Waals surface area (Å²) in [6.45, 7) is 0. The van der Waals surface area contributed by atoms with Gasteiger partial charge in [-0.2, -0.15) is 13.2 Å². The van der Waals surface area contributed by atoms with Gasteiger partial charge in [-0.3, -0.25) is 14.9 Å². The molecule has 0 aliphatic heterocycles. The number of halogens is 3. The molecule has 1 N–H and O–H groups in total. The van der Waals surface area contributed by atoms with E-state index in [0.717, 1.165) is 12.1 Å². The lowest BCUT2D eigenvalue weighted by Gasteiger charge is -2.11. The van der Waals surface area contributed by atoms with Crippen molar-refractivity contribution in [3.05, 3.63) is 87.9 Å². The Morgan fingerprint density at radius 2 is 1.83 bits per heavy atom. The molecule has 0 aliphatic rings. The van der Waals surface area contributed by atoms with Gasteiger partial charge in [0.1, 0.15) is 17.2 Å². The van der Waals surface area contributed by atoms with Gasteiger partial charge >= 0.3 is 6.18 Å². The molecule has 0 fully saturated rings. The zero-order valence-electron chi connectivity index (χ0n) is 18.1. The maximum absolute atomic E-state index is 13.3. The zero-order chi connectivity index (χ0) is 25.7. The van der Waals surface area contributed by atoms with Crippen LogP contribution in [0.25, 0.3) is 10.6 Å². The number of nitro groups is 1. The lowest BCUT2D eigenvalue weighted by molar-refractivity contribution is -0.384. The van der Waals surface area contributed by atoms with Crippen molar-refractivity contribution in [1.82, 2.24) is 9.97 Å². The number of nitro benzene ring substituents is 1. The van der Waals surface area contributed by atoms with Gasteiger partial charge in [-0.25, -0.2) is 9.97 Å². The van der Waals surface area contributed by atoms with Gasteiger partial charge < -0.3 is 10.1 Å². The lowest BCUT2D eigenvalue weighted by atomic mass is 10.2. The van der Waals surface area contributed by atoms with E-state index in [0.29, 0.717) is 22.4 Å². The Hall–Kier alpha value is -3.97. The predicted octanol–water partition coefficient (Wildman–Crippen LogP) is 6.66. The van der Waals surface area contributed by atoms with Crippen LogP contribution in [0, 0.1) is 10.1 Å². The van der Waals surface area contributed by atoms with Crippen LogP contribution in [0.5, 0.6) is 11.5 Å². The van der Waals surface area contributed by atoms with Gasteiger partial charge in [-0.15, -0.1) is 11.3 Å². The van der Waals surface area contributed by atoms with Gasteiger partial charge in [-0.05, 0) is 29.6 Å². The highest BCUT2D eigenvalue weighted by Crippen LogP contribution is 2.34. The van der Waals surface area contributed by atoms with Crippen LogP contribution in [0.15, 0.2) is 77.3 Å². The summed E-state index contributed by atoms with van der Waals surface area (Å²) < 4.78 is 45.6. The normalized spacial score (nSPS) is 11.2. The van der Waals surface area contributed by atoms with Gasteiger partial charge in [0.05, 0.1) is 33.0 Å². The van der Waals surface area contributed by atoms with Crippen molar-refractivity contribution >= 4 is 40.4 Å². The first-order valence-corrected chi connectivity index (χ1v) is 12.0. The van der Waals surface area contributed by atoms with Crippen molar-refractivity contribution < 1.29 is 27.6 Å². The van der Waals surface area contributed by atoms with Crippen molar-refractivity contribution in [2.75, 3.05) is 11.1 Å². The first kappa shape index (κ1) is 25.1.